The van der Waals surface area contributed by atoms with Gasteiger partial charge in [0.15, 0.2) is 0 Å². The van der Waals surface area contributed by atoms with Gasteiger partial charge in [-0.05, 0) is 12.1 Å². The van der Waals surface area contributed by atoms with E-state index < -0.39 is 0 Å². The number of nitrogens with one attached hydrogen (secondary N) is 1. The first-order chi connectivity index (χ1) is 7.66. The quantitative estimate of drug-likeness (QED) is 0.917. The van der Waals surface area contributed by atoms with E-state index in [0.29, 0.717) is 28.4 Å². The second kappa shape index (κ2) is 4.72. The van der Waals surface area contributed by atoms with E-state index in [2.05, 4.69) is 15.5 Å². The summed E-state index contributed by atoms with van der Waals surface area (Å²) in [4.78, 5) is 0. The Morgan fingerprint density at radius 3 is 2.81 bits per heavy atom. The summed E-state index contributed by atoms with van der Waals surface area (Å²) in [5.41, 5.74) is 0.741. The van der Waals surface area contributed by atoms with Gasteiger partial charge in [-0.1, -0.05) is 29.3 Å². The monoisotopic (exact) mass is 257 g/mol. The van der Waals surface area contributed by atoms with Gasteiger partial charge in [-0.25, -0.2) is 0 Å². The van der Waals surface area contributed by atoms with Gasteiger partial charge in [0.25, 0.3) is 0 Å². The molecule has 0 unspecified atom stereocenters. The smallest absolute Gasteiger partial charge is 0.235 e. The van der Waals surface area contributed by atoms with Crippen LogP contribution in [-0.2, 0) is 6.54 Å². The Labute approximate surface area is 103 Å². The lowest BCUT2D eigenvalue weighted by molar-refractivity contribution is 0.475. The Bertz CT molecular complexity index is 499. The van der Waals surface area contributed by atoms with Crippen molar-refractivity contribution < 1.29 is 4.42 Å². The lowest BCUT2D eigenvalue weighted by Crippen LogP contribution is -2.00. The molecule has 16 heavy (non-hydrogen) atoms. The fourth-order valence-electron chi connectivity index (χ4n) is 1.22. The van der Waals surface area contributed by atoms with Crippen molar-refractivity contribution in [3.05, 3.63) is 40.0 Å². The number of aromatic nitrogens is 2. The maximum Gasteiger partial charge on any atom is 0.235 e. The number of anilines is 1. The van der Waals surface area contributed by atoms with E-state index in [1.807, 2.05) is 12.1 Å². The van der Waals surface area contributed by atoms with Crippen LogP contribution >= 0.6 is 23.2 Å². The molecular weight excluding hydrogens is 249 g/mol. The van der Waals surface area contributed by atoms with Crippen LogP contribution in [0.25, 0.3) is 0 Å². The fraction of sp³-hybridized carbons (Fsp3) is 0.200. The SMILES string of the molecule is Cc1nnc(CNc2cccc(Cl)c2Cl)o1. The van der Waals surface area contributed by atoms with Crippen LogP contribution in [0.1, 0.15) is 11.8 Å². The molecule has 1 N–H and O–H groups in total. The zero-order chi connectivity index (χ0) is 11.5. The largest absolute Gasteiger partial charge is 0.424 e. The molecule has 0 fully saturated rings. The summed E-state index contributed by atoms with van der Waals surface area (Å²) < 4.78 is 5.21. The number of aryl methyl sites for hydroxylation is 1. The van der Waals surface area contributed by atoms with E-state index in [0.717, 1.165) is 5.69 Å². The van der Waals surface area contributed by atoms with Crippen LogP contribution in [0.5, 0.6) is 0 Å². The number of nitrogens with zero attached hydrogens (tertiary/aromatic N) is 2. The topological polar surface area (TPSA) is 51.0 Å². The standard InChI is InChI=1S/C10H9Cl2N3O/c1-6-14-15-9(16-6)5-13-8-4-2-3-7(11)10(8)12/h2-4,13H,5H2,1H3. The zero-order valence-corrected chi connectivity index (χ0v) is 10.0. The third-order valence-electron chi connectivity index (χ3n) is 1.95. The van der Waals surface area contributed by atoms with Gasteiger partial charge >= 0.3 is 0 Å². The highest BCUT2D eigenvalue weighted by molar-refractivity contribution is 6.43. The molecule has 0 saturated carbocycles. The van der Waals surface area contributed by atoms with Gasteiger partial charge < -0.3 is 9.73 Å². The van der Waals surface area contributed by atoms with Crippen LogP contribution in [0.3, 0.4) is 0 Å². The minimum absolute atomic E-state index is 0.418. The van der Waals surface area contributed by atoms with Gasteiger partial charge in [0.05, 0.1) is 22.3 Å². The van der Waals surface area contributed by atoms with Crippen LogP contribution in [0.15, 0.2) is 22.6 Å². The second-order valence-corrected chi connectivity index (χ2v) is 3.95. The highest BCUT2D eigenvalue weighted by Gasteiger charge is 2.06. The summed E-state index contributed by atoms with van der Waals surface area (Å²) in [6.07, 6.45) is 0. The Balaban J connectivity index is 2.07. The first-order valence-electron chi connectivity index (χ1n) is 4.63. The maximum atomic E-state index is 6.00. The van der Waals surface area contributed by atoms with Crippen LogP contribution in [0.4, 0.5) is 5.69 Å². The highest BCUT2D eigenvalue weighted by atomic mass is 35.5. The lowest BCUT2D eigenvalue weighted by Gasteiger charge is -2.06. The minimum Gasteiger partial charge on any atom is -0.424 e. The van der Waals surface area contributed by atoms with Crippen molar-refractivity contribution in [2.24, 2.45) is 0 Å². The molecule has 0 aliphatic heterocycles. The van der Waals surface area contributed by atoms with Crippen molar-refractivity contribution in [2.75, 3.05) is 5.32 Å². The number of hydrogen-bond acceptors (Lipinski definition) is 4. The lowest BCUT2D eigenvalue weighted by atomic mass is 10.3. The molecule has 6 heteroatoms. The van der Waals surface area contributed by atoms with Gasteiger partial charge in [0.2, 0.25) is 11.8 Å². The highest BCUT2D eigenvalue weighted by Crippen LogP contribution is 2.29. The van der Waals surface area contributed by atoms with E-state index in [-0.39, 0.29) is 0 Å². The molecule has 2 rings (SSSR count). The molecule has 0 aliphatic rings. The molecule has 0 radical (unpaired) electrons. The van der Waals surface area contributed by atoms with Crippen molar-refractivity contribution in [2.45, 2.75) is 13.5 Å². The van der Waals surface area contributed by atoms with Crippen molar-refractivity contribution in [3.8, 4) is 0 Å². The summed E-state index contributed by atoms with van der Waals surface area (Å²) >= 11 is 11.9. The van der Waals surface area contributed by atoms with Gasteiger partial charge in [0, 0.05) is 6.92 Å². The first kappa shape index (κ1) is 11.2. The van der Waals surface area contributed by atoms with Crippen molar-refractivity contribution in [1.82, 2.24) is 10.2 Å². The second-order valence-electron chi connectivity index (χ2n) is 3.17. The number of hydrogen-bond donors (Lipinski definition) is 1. The van der Waals surface area contributed by atoms with Crippen LogP contribution < -0.4 is 5.32 Å². The van der Waals surface area contributed by atoms with E-state index in [1.54, 1.807) is 13.0 Å². The molecule has 0 atom stereocenters. The minimum atomic E-state index is 0.418. The molecule has 1 aromatic heterocycles. The van der Waals surface area contributed by atoms with E-state index in [4.69, 9.17) is 27.6 Å². The van der Waals surface area contributed by atoms with Gasteiger partial charge in [-0.2, -0.15) is 0 Å². The molecule has 0 aliphatic carbocycles. The van der Waals surface area contributed by atoms with Crippen LogP contribution in [0.2, 0.25) is 10.0 Å². The average molecular weight is 258 g/mol. The molecule has 0 amide bonds. The van der Waals surface area contributed by atoms with E-state index in [9.17, 15) is 0 Å². The Hall–Kier alpha value is -1.26. The normalized spacial score (nSPS) is 10.4. The van der Waals surface area contributed by atoms with Crippen molar-refractivity contribution in [3.63, 3.8) is 0 Å². The van der Waals surface area contributed by atoms with Crippen LogP contribution in [0, 0.1) is 6.92 Å². The summed E-state index contributed by atoms with van der Waals surface area (Å²) in [6, 6.07) is 5.37. The Morgan fingerprint density at radius 2 is 2.12 bits per heavy atom. The van der Waals surface area contributed by atoms with E-state index >= 15 is 0 Å². The molecule has 1 heterocycles. The first-order valence-corrected chi connectivity index (χ1v) is 5.39. The molecule has 1 aromatic carbocycles. The van der Waals surface area contributed by atoms with Crippen molar-refractivity contribution >= 4 is 28.9 Å². The van der Waals surface area contributed by atoms with Crippen molar-refractivity contribution in [1.29, 1.82) is 0 Å². The summed E-state index contributed by atoms with van der Waals surface area (Å²) in [5.74, 6) is 1.04. The van der Waals surface area contributed by atoms with Gasteiger partial charge in [-0.15, -0.1) is 10.2 Å². The molecule has 0 spiro atoms. The number of rotatable bonds is 3. The van der Waals surface area contributed by atoms with Gasteiger partial charge in [-0.3, -0.25) is 0 Å². The summed E-state index contributed by atoms with van der Waals surface area (Å²) in [7, 11) is 0. The zero-order valence-electron chi connectivity index (χ0n) is 8.50. The number of benzene rings is 1. The number of halogens is 2. The van der Waals surface area contributed by atoms with Gasteiger partial charge in [0.1, 0.15) is 0 Å². The third kappa shape index (κ3) is 2.46. The predicted molar refractivity (Wildman–Crippen MR) is 62.8 cm³/mol. The maximum absolute atomic E-state index is 6.00. The molecular formula is C10H9Cl2N3O. The molecule has 2 aromatic rings. The Morgan fingerprint density at radius 1 is 1.31 bits per heavy atom. The molecule has 0 bridgehead atoms. The summed E-state index contributed by atoms with van der Waals surface area (Å²) in [5, 5.41) is 11.6. The molecule has 4 nitrogen and oxygen atoms in total. The molecule has 0 saturated heterocycles. The fourth-order valence-corrected chi connectivity index (χ4v) is 1.59. The van der Waals surface area contributed by atoms with Crippen LogP contribution in [-0.4, -0.2) is 10.2 Å². The predicted octanol–water partition coefficient (Wildman–Crippen LogP) is 3.30. The molecule has 84 valence electrons. The average Bonchev–Trinajstić information content (AvgIpc) is 2.67. The Kier molecular flexibility index (Phi) is 3.31. The third-order valence-corrected chi connectivity index (χ3v) is 2.77. The summed E-state index contributed by atoms with van der Waals surface area (Å²) in [6.45, 7) is 2.16. The van der Waals surface area contributed by atoms with E-state index in [1.165, 1.54) is 0 Å².